The van der Waals surface area contributed by atoms with Gasteiger partial charge in [-0.3, -0.25) is 14.4 Å². The van der Waals surface area contributed by atoms with Crippen molar-refractivity contribution in [3.05, 3.63) is 48.5 Å². The molecule has 7 heteroatoms. The van der Waals surface area contributed by atoms with E-state index in [-0.39, 0.29) is 29.6 Å². The predicted octanol–water partition coefficient (Wildman–Crippen LogP) is 2.87. The molecule has 140 valence electrons. The Morgan fingerprint density at radius 1 is 0.889 bits per heavy atom. The zero-order valence-electron chi connectivity index (χ0n) is 15.1. The summed E-state index contributed by atoms with van der Waals surface area (Å²) in [5.41, 5.74) is 1.75. The Hall–Kier alpha value is -3.35. The van der Waals surface area contributed by atoms with Crippen LogP contribution in [-0.2, 0) is 14.4 Å². The van der Waals surface area contributed by atoms with E-state index in [9.17, 15) is 14.4 Å². The van der Waals surface area contributed by atoms with E-state index >= 15 is 0 Å². The number of benzene rings is 2. The maximum absolute atomic E-state index is 12.4. The molecule has 3 N–H and O–H groups in total. The molecule has 0 aliphatic heterocycles. The van der Waals surface area contributed by atoms with E-state index in [0.717, 1.165) is 0 Å². The van der Waals surface area contributed by atoms with Gasteiger partial charge in [0.1, 0.15) is 5.75 Å². The number of methoxy groups -OCH3 is 1. The van der Waals surface area contributed by atoms with Gasteiger partial charge in [0.25, 0.3) is 0 Å². The first-order valence-electron chi connectivity index (χ1n) is 8.60. The van der Waals surface area contributed by atoms with Crippen molar-refractivity contribution in [1.29, 1.82) is 0 Å². The number of para-hydroxylation sites is 2. The summed E-state index contributed by atoms with van der Waals surface area (Å²) in [4.78, 5) is 35.9. The highest BCUT2D eigenvalue weighted by Crippen LogP contribution is 2.41. The van der Waals surface area contributed by atoms with Crippen LogP contribution in [0.15, 0.2) is 48.5 Å². The Labute approximate surface area is 157 Å². The number of anilines is 3. The van der Waals surface area contributed by atoms with Crippen LogP contribution in [0.3, 0.4) is 0 Å². The van der Waals surface area contributed by atoms with Gasteiger partial charge in [0.05, 0.1) is 24.6 Å². The molecule has 1 fully saturated rings. The predicted molar refractivity (Wildman–Crippen MR) is 103 cm³/mol. The molecule has 2 unspecified atom stereocenters. The summed E-state index contributed by atoms with van der Waals surface area (Å²) in [7, 11) is 1.54. The zero-order chi connectivity index (χ0) is 19.4. The van der Waals surface area contributed by atoms with Crippen LogP contribution < -0.4 is 20.7 Å². The fourth-order valence-electron chi connectivity index (χ4n) is 2.86. The van der Waals surface area contributed by atoms with E-state index < -0.39 is 0 Å². The molecule has 2 aromatic carbocycles. The number of amides is 3. The lowest BCUT2D eigenvalue weighted by atomic mass is 10.2. The van der Waals surface area contributed by atoms with Crippen LogP contribution in [0.25, 0.3) is 0 Å². The third-order valence-electron chi connectivity index (χ3n) is 4.28. The molecule has 3 amide bonds. The molecular formula is C20H21N3O4. The summed E-state index contributed by atoms with van der Waals surface area (Å²) in [5, 5.41) is 8.27. The molecule has 0 aromatic heterocycles. The highest BCUT2D eigenvalue weighted by molar-refractivity contribution is 6.04. The van der Waals surface area contributed by atoms with E-state index in [4.69, 9.17) is 4.74 Å². The second-order valence-corrected chi connectivity index (χ2v) is 6.39. The van der Waals surface area contributed by atoms with Crippen molar-refractivity contribution < 1.29 is 19.1 Å². The van der Waals surface area contributed by atoms with Crippen LogP contribution in [0.2, 0.25) is 0 Å². The van der Waals surface area contributed by atoms with Gasteiger partial charge in [0.15, 0.2) is 0 Å². The summed E-state index contributed by atoms with van der Waals surface area (Å²) in [5.74, 6) is -0.768. The molecule has 0 bridgehead atoms. The Bertz CT molecular complexity index is 881. The lowest BCUT2D eigenvalue weighted by Crippen LogP contribution is -2.20. The summed E-state index contributed by atoms with van der Waals surface area (Å²) >= 11 is 0. The fourth-order valence-corrected chi connectivity index (χ4v) is 2.86. The van der Waals surface area contributed by atoms with E-state index in [0.29, 0.717) is 29.2 Å². The Morgan fingerprint density at radius 3 is 2.19 bits per heavy atom. The van der Waals surface area contributed by atoms with Gasteiger partial charge in [-0.15, -0.1) is 0 Å². The van der Waals surface area contributed by atoms with Gasteiger partial charge in [0.2, 0.25) is 17.7 Å². The number of hydrogen-bond donors (Lipinski definition) is 3. The Morgan fingerprint density at radius 2 is 1.52 bits per heavy atom. The molecule has 7 nitrogen and oxygen atoms in total. The third-order valence-corrected chi connectivity index (χ3v) is 4.28. The molecule has 0 radical (unpaired) electrons. The van der Waals surface area contributed by atoms with Crippen LogP contribution >= 0.6 is 0 Å². The number of ether oxygens (including phenoxy) is 1. The highest BCUT2D eigenvalue weighted by Gasteiger charge is 2.48. The summed E-state index contributed by atoms with van der Waals surface area (Å²) in [6.07, 6.45) is 0.498. The van der Waals surface area contributed by atoms with E-state index in [1.54, 1.807) is 42.5 Å². The highest BCUT2D eigenvalue weighted by atomic mass is 16.5. The lowest BCUT2D eigenvalue weighted by molar-refractivity contribution is -0.122. The first-order chi connectivity index (χ1) is 13.0. The van der Waals surface area contributed by atoms with E-state index in [2.05, 4.69) is 16.0 Å². The standard InChI is InChI=1S/C20H21N3O4/c1-12(24)21-13-6-5-7-14(10-13)22-19(25)15-11-16(15)20(26)23-17-8-3-4-9-18(17)27-2/h3-10,15-16H,11H2,1-2H3,(H,21,24)(H,22,25)(H,23,26). The van der Waals surface area contributed by atoms with Gasteiger partial charge in [-0.1, -0.05) is 18.2 Å². The van der Waals surface area contributed by atoms with Gasteiger partial charge in [0, 0.05) is 18.3 Å². The van der Waals surface area contributed by atoms with Crippen LogP contribution in [0.4, 0.5) is 17.1 Å². The van der Waals surface area contributed by atoms with Gasteiger partial charge >= 0.3 is 0 Å². The number of nitrogens with one attached hydrogen (secondary N) is 3. The second-order valence-electron chi connectivity index (χ2n) is 6.39. The fraction of sp³-hybridized carbons (Fsp3) is 0.250. The smallest absolute Gasteiger partial charge is 0.228 e. The molecular weight excluding hydrogens is 346 g/mol. The van der Waals surface area contributed by atoms with Crippen molar-refractivity contribution in [2.45, 2.75) is 13.3 Å². The topological polar surface area (TPSA) is 96.5 Å². The summed E-state index contributed by atoms with van der Waals surface area (Å²) in [6.45, 7) is 1.42. The number of carbonyl (C=O) groups excluding carboxylic acids is 3. The van der Waals surface area contributed by atoms with Crippen molar-refractivity contribution in [2.75, 3.05) is 23.1 Å². The number of hydrogen-bond acceptors (Lipinski definition) is 4. The Kier molecular flexibility index (Phi) is 5.40. The molecule has 27 heavy (non-hydrogen) atoms. The maximum Gasteiger partial charge on any atom is 0.228 e. The van der Waals surface area contributed by atoms with E-state index in [1.165, 1.54) is 14.0 Å². The number of rotatable bonds is 6. The van der Waals surface area contributed by atoms with Crippen molar-refractivity contribution in [2.24, 2.45) is 11.8 Å². The SMILES string of the molecule is COc1ccccc1NC(=O)C1CC1C(=O)Nc1cccc(NC(C)=O)c1. The van der Waals surface area contributed by atoms with Crippen LogP contribution in [0.5, 0.6) is 5.75 Å². The molecule has 1 aliphatic rings. The minimum absolute atomic E-state index is 0.186. The van der Waals surface area contributed by atoms with Gasteiger partial charge in [-0.05, 0) is 36.8 Å². The first-order valence-corrected chi connectivity index (χ1v) is 8.60. The summed E-state index contributed by atoms with van der Waals surface area (Å²) < 4.78 is 5.21. The van der Waals surface area contributed by atoms with Crippen molar-refractivity contribution in [3.8, 4) is 5.75 Å². The minimum Gasteiger partial charge on any atom is -0.495 e. The molecule has 2 atom stereocenters. The molecule has 0 saturated heterocycles. The largest absolute Gasteiger partial charge is 0.495 e. The average molecular weight is 367 g/mol. The van der Waals surface area contributed by atoms with Gasteiger partial charge in [-0.25, -0.2) is 0 Å². The maximum atomic E-state index is 12.4. The monoisotopic (exact) mass is 367 g/mol. The third kappa shape index (κ3) is 4.63. The van der Waals surface area contributed by atoms with E-state index in [1.807, 2.05) is 6.07 Å². The lowest BCUT2D eigenvalue weighted by Gasteiger charge is -2.10. The van der Waals surface area contributed by atoms with Crippen molar-refractivity contribution >= 4 is 34.8 Å². The van der Waals surface area contributed by atoms with Gasteiger partial charge < -0.3 is 20.7 Å². The molecule has 1 aliphatic carbocycles. The minimum atomic E-state index is -0.371. The van der Waals surface area contributed by atoms with Crippen LogP contribution in [0.1, 0.15) is 13.3 Å². The normalized spacial score (nSPS) is 17.6. The average Bonchev–Trinajstić information content (AvgIpc) is 3.43. The van der Waals surface area contributed by atoms with Crippen molar-refractivity contribution in [3.63, 3.8) is 0 Å². The molecule has 1 saturated carbocycles. The first kappa shape index (κ1) is 18.4. The van der Waals surface area contributed by atoms with Crippen LogP contribution in [0, 0.1) is 11.8 Å². The van der Waals surface area contributed by atoms with Crippen LogP contribution in [-0.4, -0.2) is 24.8 Å². The molecule has 0 spiro atoms. The molecule has 2 aromatic rings. The quantitative estimate of drug-likeness (QED) is 0.731. The number of carbonyl (C=O) groups is 3. The molecule has 3 rings (SSSR count). The zero-order valence-corrected chi connectivity index (χ0v) is 15.1. The molecule has 0 heterocycles. The summed E-state index contributed by atoms with van der Waals surface area (Å²) in [6, 6.07) is 14.0. The second kappa shape index (κ2) is 7.90. The Balaban J connectivity index is 1.57. The van der Waals surface area contributed by atoms with Gasteiger partial charge in [-0.2, -0.15) is 0 Å². The van der Waals surface area contributed by atoms with Crippen molar-refractivity contribution in [1.82, 2.24) is 0 Å².